The van der Waals surface area contributed by atoms with Crippen LogP contribution in [0.25, 0.3) is 0 Å². The van der Waals surface area contributed by atoms with Gasteiger partial charge in [0.1, 0.15) is 11.3 Å². The Labute approximate surface area is 157 Å². The first kappa shape index (κ1) is 19.9. The van der Waals surface area contributed by atoms with Crippen LogP contribution in [0.5, 0.6) is 0 Å². The minimum atomic E-state index is -0.535. The zero-order valence-corrected chi connectivity index (χ0v) is 17.2. The van der Waals surface area contributed by atoms with E-state index in [9.17, 15) is 9.59 Å². The molecule has 0 aliphatic carbocycles. The van der Waals surface area contributed by atoms with Gasteiger partial charge in [0.05, 0.1) is 17.2 Å². The Balaban J connectivity index is 2.05. The molecule has 1 aromatic rings. The summed E-state index contributed by atoms with van der Waals surface area (Å²) in [6.45, 7) is 7.87. The van der Waals surface area contributed by atoms with Gasteiger partial charge in [-0.25, -0.2) is 4.79 Å². The normalized spacial score (nSPS) is 18.0. The Morgan fingerprint density at radius 3 is 2.68 bits per heavy atom. The summed E-state index contributed by atoms with van der Waals surface area (Å²) >= 11 is 3.43. The zero-order valence-electron chi connectivity index (χ0n) is 15.6. The third-order valence-electron chi connectivity index (χ3n) is 4.00. The maximum atomic E-state index is 13.0. The molecular weight excluding hydrogens is 388 g/mol. The van der Waals surface area contributed by atoms with E-state index in [-0.39, 0.29) is 17.8 Å². The number of amides is 1. The lowest BCUT2D eigenvalue weighted by molar-refractivity contribution is 0.0289. The van der Waals surface area contributed by atoms with Crippen molar-refractivity contribution in [2.24, 2.45) is 5.92 Å². The van der Waals surface area contributed by atoms with Crippen LogP contribution in [0.15, 0.2) is 10.7 Å². The number of Topliss-reactive ketones (excluding diaryl/α,β-unsaturated/α-hetero) is 1. The average Bonchev–Trinajstić information content (AvgIpc) is 3.09. The molecule has 0 bridgehead atoms. The molecule has 1 saturated heterocycles. The van der Waals surface area contributed by atoms with Crippen molar-refractivity contribution in [3.05, 3.63) is 16.4 Å². The van der Waals surface area contributed by atoms with E-state index in [1.807, 2.05) is 39.8 Å². The van der Waals surface area contributed by atoms with E-state index in [2.05, 4.69) is 21.0 Å². The molecule has 1 aliphatic rings. The third kappa shape index (κ3) is 5.28. The number of ether oxygens (including phenoxy) is 1. The van der Waals surface area contributed by atoms with Gasteiger partial charge >= 0.3 is 6.09 Å². The van der Waals surface area contributed by atoms with E-state index < -0.39 is 5.60 Å². The Kier molecular flexibility index (Phi) is 6.26. The Morgan fingerprint density at radius 1 is 1.40 bits per heavy atom. The van der Waals surface area contributed by atoms with Crippen molar-refractivity contribution in [2.75, 3.05) is 33.7 Å². The van der Waals surface area contributed by atoms with Crippen molar-refractivity contribution >= 4 is 27.8 Å². The van der Waals surface area contributed by atoms with E-state index in [1.165, 1.54) is 0 Å². The van der Waals surface area contributed by atoms with Gasteiger partial charge in [0.15, 0.2) is 5.78 Å². The predicted molar refractivity (Wildman–Crippen MR) is 98.7 cm³/mol. The topological polar surface area (TPSA) is 67.7 Å². The number of halogens is 1. The molecule has 1 unspecified atom stereocenters. The molecule has 2 heterocycles. The van der Waals surface area contributed by atoms with E-state index in [0.29, 0.717) is 36.2 Å². The molecule has 8 heteroatoms. The number of hydrogen-bond donors (Lipinski definition) is 0. The lowest BCUT2D eigenvalue weighted by Gasteiger charge is -2.24. The van der Waals surface area contributed by atoms with Crippen LogP contribution < -0.4 is 0 Å². The van der Waals surface area contributed by atoms with Crippen LogP contribution in [0.3, 0.4) is 0 Å². The number of carbonyl (C=O) groups excluding carboxylic acids is 2. The van der Waals surface area contributed by atoms with Gasteiger partial charge in [-0.2, -0.15) is 5.10 Å². The molecule has 0 aromatic carbocycles. The van der Waals surface area contributed by atoms with Crippen LogP contribution in [0.2, 0.25) is 0 Å². The molecule has 140 valence electrons. The number of carbonyl (C=O) groups is 2. The van der Waals surface area contributed by atoms with E-state index >= 15 is 0 Å². The summed E-state index contributed by atoms with van der Waals surface area (Å²) in [6, 6.07) is 0. The zero-order chi connectivity index (χ0) is 18.8. The molecule has 1 fully saturated rings. The number of rotatable bonds is 5. The minimum Gasteiger partial charge on any atom is -0.444 e. The highest BCUT2D eigenvalue weighted by Gasteiger charge is 2.35. The fourth-order valence-corrected chi connectivity index (χ4v) is 3.22. The number of ketones is 1. The number of nitrogens with zero attached hydrogens (tertiary/aromatic N) is 4. The minimum absolute atomic E-state index is 0.0224. The van der Waals surface area contributed by atoms with Gasteiger partial charge in [0, 0.05) is 25.6 Å². The molecule has 0 N–H and O–H groups in total. The first-order valence-electron chi connectivity index (χ1n) is 8.46. The summed E-state index contributed by atoms with van der Waals surface area (Å²) in [6.07, 6.45) is 1.94. The van der Waals surface area contributed by atoms with Crippen molar-refractivity contribution in [1.82, 2.24) is 19.6 Å². The van der Waals surface area contributed by atoms with Crippen LogP contribution in [-0.4, -0.2) is 70.8 Å². The average molecular weight is 415 g/mol. The highest BCUT2D eigenvalue weighted by Crippen LogP contribution is 2.26. The summed E-state index contributed by atoms with van der Waals surface area (Å²) in [5, 5.41) is 4.30. The molecule has 0 radical (unpaired) electrons. The number of likely N-dealkylation sites (tertiary alicyclic amines) is 1. The molecule has 1 aromatic heterocycles. The summed E-state index contributed by atoms with van der Waals surface area (Å²) < 4.78 is 7.84. The van der Waals surface area contributed by atoms with Crippen molar-refractivity contribution in [3.8, 4) is 0 Å². The van der Waals surface area contributed by atoms with Crippen molar-refractivity contribution in [3.63, 3.8) is 0 Å². The molecule has 1 amide bonds. The van der Waals surface area contributed by atoms with Gasteiger partial charge in [-0.3, -0.25) is 9.48 Å². The molecule has 1 atom stereocenters. The molecule has 25 heavy (non-hydrogen) atoms. The van der Waals surface area contributed by atoms with Crippen molar-refractivity contribution in [1.29, 1.82) is 0 Å². The van der Waals surface area contributed by atoms with E-state index in [0.717, 1.165) is 6.54 Å². The van der Waals surface area contributed by atoms with Gasteiger partial charge in [-0.1, -0.05) is 0 Å². The first-order chi connectivity index (χ1) is 11.6. The van der Waals surface area contributed by atoms with Crippen LogP contribution in [0.4, 0.5) is 4.79 Å². The van der Waals surface area contributed by atoms with Gasteiger partial charge in [-0.15, -0.1) is 0 Å². The fourth-order valence-electron chi connectivity index (χ4n) is 2.73. The van der Waals surface area contributed by atoms with Gasteiger partial charge in [0.25, 0.3) is 0 Å². The Morgan fingerprint density at radius 2 is 2.08 bits per heavy atom. The standard InChI is InChI=1S/C17H27BrN4O3/c1-17(2,3)25-16(24)21-7-6-12(11-21)15(23)14-13(18)10-19-22(14)9-8-20(4)5/h10,12H,6-9,11H2,1-5H3. The molecule has 0 saturated carbocycles. The maximum Gasteiger partial charge on any atom is 0.410 e. The largest absolute Gasteiger partial charge is 0.444 e. The van der Waals surface area contributed by atoms with E-state index in [1.54, 1.807) is 15.8 Å². The van der Waals surface area contributed by atoms with Crippen molar-refractivity contribution < 1.29 is 14.3 Å². The van der Waals surface area contributed by atoms with Gasteiger partial charge < -0.3 is 14.5 Å². The summed E-state index contributed by atoms with van der Waals surface area (Å²) in [5.74, 6) is -0.201. The summed E-state index contributed by atoms with van der Waals surface area (Å²) in [5.41, 5.74) is 0.0467. The third-order valence-corrected chi connectivity index (χ3v) is 4.58. The molecular formula is C17H27BrN4O3. The second-order valence-electron chi connectivity index (χ2n) is 7.64. The number of aromatic nitrogens is 2. The van der Waals surface area contributed by atoms with Gasteiger partial charge in [0.2, 0.25) is 0 Å². The number of likely N-dealkylation sites (N-methyl/N-ethyl adjacent to an activating group) is 1. The second-order valence-corrected chi connectivity index (χ2v) is 8.50. The maximum absolute atomic E-state index is 13.0. The monoisotopic (exact) mass is 414 g/mol. The quantitative estimate of drug-likeness (QED) is 0.692. The predicted octanol–water partition coefficient (Wildman–Crippen LogP) is 2.65. The van der Waals surface area contributed by atoms with Crippen LogP contribution in [0.1, 0.15) is 37.7 Å². The molecule has 2 rings (SSSR count). The fraction of sp³-hybridized carbons (Fsp3) is 0.706. The van der Waals surface area contributed by atoms with Gasteiger partial charge in [-0.05, 0) is 57.2 Å². The lowest BCUT2D eigenvalue weighted by atomic mass is 10.0. The molecule has 7 nitrogen and oxygen atoms in total. The smallest absolute Gasteiger partial charge is 0.410 e. The van der Waals surface area contributed by atoms with Crippen molar-refractivity contribution in [2.45, 2.75) is 39.3 Å². The van der Waals surface area contributed by atoms with Crippen LogP contribution in [0, 0.1) is 5.92 Å². The van der Waals surface area contributed by atoms with Crippen LogP contribution in [-0.2, 0) is 11.3 Å². The SMILES string of the molecule is CN(C)CCn1ncc(Br)c1C(=O)C1CCN(C(=O)OC(C)(C)C)C1. The number of hydrogen-bond acceptors (Lipinski definition) is 5. The Bertz CT molecular complexity index is 636. The lowest BCUT2D eigenvalue weighted by Crippen LogP contribution is -2.36. The molecule has 0 spiro atoms. The second kappa shape index (κ2) is 7.86. The highest BCUT2D eigenvalue weighted by atomic mass is 79.9. The van der Waals surface area contributed by atoms with E-state index in [4.69, 9.17) is 4.74 Å². The first-order valence-corrected chi connectivity index (χ1v) is 9.26. The summed E-state index contributed by atoms with van der Waals surface area (Å²) in [7, 11) is 3.96. The Hall–Kier alpha value is -1.41. The highest BCUT2D eigenvalue weighted by molar-refractivity contribution is 9.10. The summed E-state index contributed by atoms with van der Waals surface area (Å²) in [4.78, 5) is 28.8. The molecule has 1 aliphatic heterocycles. The van der Waals surface area contributed by atoms with Crippen LogP contribution >= 0.6 is 15.9 Å².